The Morgan fingerprint density at radius 3 is 2.61 bits per heavy atom. The molecule has 0 bridgehead atoms. The van der Waals surface area contributed by atoms with Gasteiger partial charge in [-0.15, -0.1) is 0 Å². The lowest BCUT2D eigenvalue weighted by atomic mass is 9.94. The largest absolute Gasteiger partial charge is 0.493 e. The Morgan fingerprint density at radius 1 is 1.06 bits per heavy atom. The van der Waals surface area contributed by atoms with E-state index >= 15 is 0 Å². The van der Waals surface area contributed by atoms with Gasteiger partial charge in [-0.1, -0.05) is 28.1 Å². The first-order valence-electron chi connectivity index (χ1n) is 5.82. The topological polar surface area (TPSA) is 43.4 Å². The van der Waals surface area contributed by atoms with Crippen LogP contribution in [0.15, 0.2) is 30.4 Å². The zero-order valence-electron chi connectivity index (χ0n) is 9.82. The molecule has 0 atom stereocenters. The van der Waals surface area contributed by atoms with Crippen LogP contribution in [0, 0.1) is 0 Å². The first-order valence-corrected chi connectivity index (χ1v) is 6.94. The Bertz CT molecular complexity index is 506. The predicted octanol–water partition coefficient (Wildman–Crippen LogP) is 3.18. The molecule has 0 unspecified atom stereocenters. The Hall–Kier alpha value is -1.42. The maximum Gasteiger partial charge on any atom is 0.190 e. The Labute approximate surface area is 114 Å². The average molecular weight is 309 g/mol. The van der Waals surface area contributed by atoms with Gasteiger partial charge in [-0.3, -0.25) is 9.59 Å². The summed E-state index contributed by atoms with van der Waals surface area (Å²) in [7, 11) is 0. The molecule has 0 heterocycles. The molecule has 0 spiro atoms. The highest BCUT2D eigenvalue weighted by molar-refractivity contribution is 9.09. The zero-order valence-corrected chi connectivity index (χ0v) is 11.4. The highest BCUT2D eigenvalue weighted by Crippen LogP contribution is 2.27. The molecule has 0 N–H and O–H groups in total. The van der Waals surface area contributed by atoms with E-state index in [0.29, 0.717) is 23.5 Å². The summed E-state index contributed by atoms with van der Waals surface area (Å²) in [5, 5.41) is 0.934. The monoisotopic (exact) mass is 308 g/mol. The van der Waals surface area contributed by atoms with Gasteiger partial charge in [-0.05, 0) is 31.1 Å². The fourth-order valence-electron chi connectivity index (χ4n) is 1.81. The second kappa shape index (κ2) is 5.96. The SMILES string of the molecule is O=C1C=CC(=O)c2c(OCCCCBr)cccc21. The summed E-state index contributed by atoms with van der Waals surface area (Å²) in [5.74, 6) is 0.195. The zero-order chi connectivity index (χ0) is 13.0. The van der Waals surface area contributed by atoms with E-state index in [1.807, 2.05) is 0 Å². The van der Waals surface area contributed by atoms with Crippen molar-refractivity contribution in [3.63, 3.8) is 0 Å². The second-order valence-electron chi connectivity index (χ2n) is 3.99. The highest BCUT2D eigenvalue weighted by atomic mass is 79.9. The van der Waals surface area contributed by atoms with Crippen molar-refractivity contribution >= 4 is 27.5 Å². The predicted molar refractivity (Wildman–Crippen MR) is 72.8 cm³/mol. The van der Waals surface area contributed by atoms with E-state index in [1.54, 1.807) is 18.2 Å². The van der Waals surface area contributed by atoms with E-state index in [9.17, 15) is 9.59 Å². The molecule has 0 saturated carbocycles. The third kappa shape index (κ3) is 2.70. The molecule has 3 nitrogen and oxygen atoms in total. The maximum atomic E-state index is 11.8. The number of fused-ring (bicyclic) bond motifs is 1. The van der Waals surface area contributed by atoms with Gasteiger partial charge in [-0.2, -0.15) is 0 Å². The smallest absolute Gasteiger partial charge is 0.190 e. The molecular weight excluding hydrogens is 296 g/mol. The van der Waals surface area contributed by atoms with Crippen LogP contribution in [0.4, 0.5) is 0 Å². The molecule has 4 heteroatoms. The van der Waals surface area contributed by atoms with Gasteiger partial charge in [0.25, 0.3) is 0 Å². The van der Waals surface area contributed by atoms with E-state index in [2.05, 4.69) is 15.9 Å². The van der Waals surface area contributed by atoms with Crippen LogP contribution in [-0.4, -0.2) is 23.5 Å². The third-order valence-corrected chi connectivity index (χ3v) is 3.27. The van der Waals surface area contributed by atoms with Gasteiger partial charge in [0.1, 0.15) is 5.75 Å². The number of carbonyl (C=O) groups excluding carboxylic acids is 2. The molecule has 0 amide bonds. The first-order chi connectivity index (χ1) is 8.74. The summed E-state index contributed by atoms with van der Waals surface area (Å²) in [4.78, 5) is 23.5. The third-order valence-electron chi connectivity index (χ3n) is 2.71. The average Bonchev–Trinajstić information content (AvgIpc) is 2.39. The molecule has 0 saturated heterocycles. The van der Waals surface area contributed by atoms with Gasteiger partial charge >= 0.3 is 0 Å². The molecule has 1 aliphatic rings. The number of rotatable bonds is 5. The number of ketones is 2. The Balaban J connectivity index is 2.20. The standard InChI is InChI=1S/C14H13BrO3/c15-8-1-2-9-18-13-5-3-4-10-11(16)6-7-12(17)14(10)13/h3-7H,1-2,8-9H2. The van der Waals surface area contributed by atoms with Crippen molar-refractivity contribution in [3.05, 3.63) is 41.5 Å². The quantitative estimate of drug-likeness (QED) is 0.620. The van der Waals surface area contributed by atoms with Crippen LogP contribution in [0.25, 0.3) is 0 Å². The number of ether oxygens (including phenoxy) is 1. The van der Waals surface area contributed by atoms with Crippen molar-refractivity contribution in [1.29, 1.82) is 0 Å². The lowest BCUT2D eigenvalue weighted by Crippen LogP contribution is -2.13. The van der Waals surface area contributed by atoms with Crippen LogP contribution >= 0.6 is 15.9 Å². The lowest BCUT2D eigenvalue weighted by molar-refractivity contribution is 0.0990. The van der Waals surface area contributed by atoms with E-state index in [1.165, 1.54) is 12.2 Å². The fourth-order valence-corrected chi connectivity index (χ4v) is 2.21. The van der Waals surface area contributed by atoms with Gasteiger partial charge in [0.2, 0.25) is 0 Å². The number of carbonyl (C=O) groups is 2. The molecular formula is C14H13BrO3. The summed E-state index contributed by atoms with van der Waals surface area (Å²) in [5.41, 5.74) is 0.823. The number of benzene rings is 1. The maximum absolute atomic E-state index is 11.8. The lowest BCUT2D eigenvalue weighted by Gasteiger charge is -2.14. The van der Waals surface area contributed by atoms with Crippen molar-refractivity contribution < 1.29 is 14.3 Å². The summed E-state index contributed by atoms with van der Waals surface area (Å²) in [6, 6.07) is 5.13. The number of allylic oxidation sites excluding steroid dienone is 2. The van der Waals surface area contributed by atoms with E-state index in [4.69, 9.17) is 4.74 Å². The van der Waals surface area contributed by atoms with E-state index in [0.717, 1.165) is 18.2 Å². The summed E-state index contributed by atoms with van der Waals surface area (Å²) in [6.07, 6.45) is 4.53. The van der Waals surface area contributed by atoms with Crippen molar-refractivity contribution in [2.45, 2.75) is 12.8 Å². The van der Waals surface area contributed by atoms with E-state index in [-0.39, 0.29) is 11.6 Å². The molecule has 0 aliphatic heterocycles. The molecule has 0 fully saturated rings. The number of hydrogen-bond acceptors (Lipinski definition) is 3. The van der Waals surface area contributed by atoms with Crippen LogP contribution in [0.2, 0.25) is 0 Å². The van der Waals surface area contributed by atoms with Crippen LogP contribution in [0.5, 0.6) is 5.75 Å². The van der Waals surface area contributed by atoms with Crippen molar-refractivity contribution in [1.82, 2.24) is 0 Å². The molecule has 0 aromatic heterocycles. The Morgan fingerprint density at radius 2 is 1.83 bits per heavy atom. The number of alkyl halides is 1. The second-order valence-corrected chi connectivity index (χ2v) is 4.78. The van der Waals surface area contributed by atoms with Gasteiger partial charge in [0.15, 0.2) is 11.6 Å². The Kier molecular flexibility index (Phi) is 4.31. The highest BCUT2D eigenvalue weighted by Gasteiger charge is 2.22. The minimum atomic E-state index is -0.166. The summed E-state index contributed by atoms with van der Waals surface area (Å²) >= 11 is 3.35. The van der Waals surface area contributed by atoms with E-state index < -0.39 is 0 Å². The van der Waals surface area contributed by atoms with Crippen LogP contribution < -0.4 is 4.74 Å². The minimum absolute atomic E-state index is 0.143. The number of halogens is 1. The molecule has 2 rings (SSSR count). The molecule has 94 valence electrons. The fraction of sp³-hybridized carbons (Fsp3) is 0.286. The van der Waals surface area contributed by atoms with Gasteiger partial charge in [-0.25, -0.2) is 0 Å². The number of unbranched alkanes of at least 4 members (excludes halogenated alkanes) is 1. The molecule has 1 aliphatic carbocycles. The molecule has 0 radical (unpaired) electrons. The summed E-state index contributed by atoms with van der Waals surface area (Å²) < 4.78 is 5.60. The van der Waals surface area contributed by atoms with Crippen molar-refractivity contribution in [2.75, 3.05) is 11.9 Å². The summed E-state index contributed by atoms with van der Waals surface area (Å²) in [6.45, 7) is 0.549. The molecule has 1 aromatic rings. The van der Waals surface area contributed by atoms with Crippen molar-refractivity contribution in [3.8, 4) is 5.75 Å². The van der Waals surface area contributed by atoms with Crippen LogP contribution in [-0.2, 0) is 0 Å². The minimum Gasteiger partial charge on any atom is -0.493 e. The molecule has 1 aromatic carbocycles. The van der Waals surface area contributed by atoms with Gasteiger partial charge in [0.05, 0.1) is 12.2 Å². The van der Waals surface area contributed by atoms with Gasteiger partial charge < -0.3 is 4.74 Å². The normalized spacial score (nSPS) is 13.6. The molecule has 18 heavy (non-hydrogen) atoms. The van der Waals surface area contributed by atoms with Crippen molar-refractivity contribution in [2.24, 2.45) is 0 Å². The number of hydrogen-bond donors (Lipinski definition) is 0. The van der Waals surface area contributed by atoms with Crippen LogP contribution in [0.1, 0.15) is 33.6 Å². The van der Waals surface area contributed by atoms with Gasteiger partial charge in [0, 0.05) is 10.9 Å². The first kappa shape index (κ1) is 13.0. The van der Waals surface area contributed by atoms with Crippen LogP contribution in [0.3, 0.4) is 0 Å².